The van der Waals surface area contributed by atoms with Crippen LogP contribution in [0.2, 0.25) is 0 Å². The van der Waals surface area contributed by atoms with Crippen LogP contribution in [0.1, 0.15) is 12.5 Å². The van der Waals surface area contributed by atoms with E-state index in [2.05, 4.69) is 110 Å². The van der Waals surface area contributed by atoms with Gasteiger partial charge in [-0.25, -0.2) is 0 Å². The summed E-state index contributed by atoms with van der Waals surface area (Å²) in [6, 6.07) is 38.8. The molecule has 0 aliphatic carbocycles. The predicted octanol–water partition coefficient (Wildman–Crippen LogP) is 5.38. The monoisotopic (exact) mass is 517 g/mol. The van der Waals surface area contributed by atoms with Gasteiger partial charge in [0.2, 0.25) is 0 Å². The van der Waals surface area contributed by atoms with Crippen molar-refractivity contribution in [2.45, 2.75) is 6.92 Å². The van der Waals surface area contributed by atoms with E-state index in [9.17, 15) is 0 Å². The number of aliphatic carboxylic acids is 1. The van der Waals surface area contributed by atoms with Crippen molar-refractivity contribution < 1.29 is 30.3 Å². The Bertz CT molecular complexity index is 1050. The van der Waals surface area contributed by atoms with Crippen LogP contribution in [0.5, 0.6) is 0 Å². The molecule has 0 saturated heterocycles. The minimum absolute atomic E-state index is 0. The Morgan fingerprint density at radius 1 is 0.677 bits per heavy atom. The number of carboxylic acid groups (broad SMARTS) is 1. The molecule has 0 radical (unpaired) electrons. The molecule has 4 rings (SSSR count). The molecule has 1 N–H and O–H groups in total. The average Bonchev–Trinajstić information content (AvgIpc) is 2.76. The Balaban J connectivity index is 0.000000631. The first kappa shape index (κ1) is 24.6. The van der Waals surface area contributed by atoms with Crippen LogP contribution in [-0.2, 0) is 25.2 Å². The van der Waals surface area contributed by atoms with Gasteiger partial charge in [-0.1, -0.05) is 96.6 Å². The molecule has 0 atom stereocenters. The Kier molecular flexibility index (Phi) is 9.70. The Morgan fingerprint density at radius 2 is 1.06 bits per heavy atom. The van der Waals surface area contributed by atoms with Crippen molar-refractivity contribution in [2.75, 3.05) is 0 Å². The third-order valence-corrected chi connectivity index (χ3v) is 6.98. The number of carbonyl (C=O) groups is 1. The summed E-state index contributed by atoms with van der Waals surface area (Å²) in [5.74, 6) is -0.833. The topological polar surface area (TPSA) is 37.3 Å². The first-order chi connectivity index (χ1) is 14.6. The Morgan fingerprint density at radius 3 is 1.55 bits per heavy atom. The molecule has 0 heterocycles. The molecule has 160 valence electrons. The predicted molar refractivity (Wildman–Crippen MR) is 128 cm³/mol. The van der Waals surface area contributed by atoms with E-state index in [0.717, 1.165) is 12.5 Å². The van der Waals surface area contributed by atoms with Crippen molar-refractivity contribution in [1.29, 1.82) is 0 Å². The summed E-state index contributed by atoms with van der Waals surface area (Å²) in [5.41, 5.74) is 3.55. The number of hydrogen-bond donors (Lipinski definition) is 1. The van der Waals surface area contributed by atoms with Gasteiger partial charge in [0, 0.05) is 27.3 Å². The van der Waals surface area contributed by atoms with E-state index in [4.69, 9.17) is 9.90 Å². The quantitative estimate of drug-likeness (QED) is 0.224. The Labute approximate surface area is 199 Å². The van der Waals surface area contributed by atoms with Crippen molar-refractivity contribution in [2.24, 2.45) is 0 Å². The molecule has 0 aliphatic rings. The second-order valence-corrected chi connectivity index (χ2v) is 8.89. The summed E-state index contributed by atoms with van der Waals surface area (Å²) < 4.78 is 0. The van der Waals surface area contributed by atoms with Crippen molar-refractivity contribution in [1.82, 2.24) is 0 Å². The fourth-order valence-corrected chi connectivity index (χ4v) is 5.73. The number of carboxylic acids is 1. The largest absolute Gasteiger partial charge is 0.481 e. The van der Waals surface area contributed by atoms with Crippen LogP contribution in [0.3, 0.4) is 0 Å². The van der Waals surface area contributed by atoms with E-state index >= 15 is 0 Å². The zero-order valence-corrected chi connectivity index (χ0v) is 19.7. The van der Waals surface area contributed by atoms with Gasteiger partial charge in [0.1, 0.15) is 0 Å². The van der Waals surface area contributed by atoms with Gasteiger partial charge in [0.05, 0.1) is 0 Å². The van der Waals surface area contributed by atoms with Crippen LogP contribution in [0.25, 0.3) is 11.1 Å². The standard InChI is InChI=1S/C25H20P.C2H4O2.Pd/c1-20-12-8-9-17-23(20)24-18-10-11-19-25(24)26(21-13-4-2-5-14-21)22-15-6-3-7-16-22;1-2(3)4;/h2-19H,1H2;1H3,(H,3,4);/q-1;;. The van der Waals surface area contributed by atoms with Gasteiger partial charge in [-0.3, -0.25) is 4.79 Å². The molecule has 4 aromatic carbocycles. The van der Waals surface area contributed by atoms with Crippen molar-refractivity contribution in [3.63, 3.8) is 0 Å². The van der Waals surface area contributed by atoms with Gasteiger partial charge >= 0.3 is 0 Å². The molecule has 0 unspecified atom stereocenters. The van der Waals surface area contributed by atoms with Crippen molar-refractivity contribution in [3.8, 4) is 11.1 Å². The van der Waals surface area contributed by atoms with E-state index in [-0.39, 0.29) is 20.4 Å². The number of rotatable bonds is 4. The van der Waals surface area contributed by atoms with Crippen LogP contribution >= 0.6 is 7.92 Å². The molecule has 0 spiro atoms. The maximum absolute atomic E-state index is 9.00. The number of hydrogen-bond acceptors (Lipinski definition) is 1. The van der Waals surface area contributed by atoms with E-state index < -0.39 is 13.9 Å². The van der Waals surface area contributed by atoms with Gasteiger partial charge in [0.25, 0.3) is 5.97 Å². The van der Waals surface area contributed by atoms with Gasteiger partial charge in [0.15, 0.2) is 0 Å². The first-order valence-electron chi connectivity index (χ1n) is 9.68. The summed E-state index contributed by atoms with van der Waals surface area (Å²) in [5, 5.41) is 11.5. The van der Waals surface area contributed by atoms with Gasteiger partial charge in [-0.15, -0.1) is 17.7 Å². The van der Waals surface area contributed by atoms with E-state index in [0.29, 0.717) is 0 Å². The van der Waals surface area contributed by atoms with E-state index in [1.54, 1.807) is 0 Å². The second kappa shape index (κ2) is 12.2. The summed E-state index contributed by atoms with van der Waals surface area (Å²) in [7, 11) is -0.631. The van der Waals surface area contributed by atoms with Crippen LogP contribution in [0.4, 0.5) is 0 Å². The van der Waals surface area contributed by atoms with Crippen LogP contribution in [-0.4, -0.2) is 11.1 Å². The third kappa shape index (κ3) is 6.65. The van der Waals surface area contributed by atoms with Crippen LogP contribution in [0, 0.1) is 6.92 Å². The van der Waals surface area contributed by atoms with Crippen LogP contribution in [0.15, 0.2) is 109 Å². The van der Waals surface area contributed by atoms with Crippen LogP contribution < -0.4 is 15.9 Å². The fourth-order valence-electron chi connectivity index (χ4n) is 3.26. The molecule has 0 saturated carbocycles. The molecule has 31 heavy (non-hydrogen) atoms. The third-order valence-electron chi connectivity index (χ3n) is 4.48. The Hall–Kier alpha value is -2.69. The van der Waals surface area contributed by atoms with E-state index in [1.807, 2.05) is 6.07 Å². The zero-order valence-electron chi connectivity index (χ0n) is 17.2. The van der Waals surface area contributed by atoms with Gasteiger partial charge < -0.3 is 5.11 Å². The summed E-state index contributed by atoms with van der Waals surface area (Å²) >= 11 is 0. The van der Waals surface area contributed by atoms with E-state index in [1.165, 1.54) is 27.0 Å². The number of benzene rings is 4. The molecule has 4 aromatic rings. The summed E-state index contributed by atoms with van der Waals surface area (Å²) in [6.07, 6.45) is 0. The summed E-state index contributed by atoms with van der Waals surface area (Å²) in [6.45, 7) is 5.33. The second-order valence-electron chi connectivity index (χ2n) is 6.70. The molecule has 2 nitrogen and oxygen atoms in total. The smallest absolute Gasteiger partial charge is 0.300 e. The molecule has 4 heteroatoms. The zero-order chi connectivity index (χ0) is 21.3. The maximum Gasteiger partial charge on any atom is 0.300 e. The van der Waals surface area contributed by atoms with Crippen molar-refractivity contribution in [3.05, 3.63) is 122 Å². The van der Waals surface area contributed by atoms with Gasteiger partial charge in [-0.05, 0) is 23.8 Å². The SMILES string of the molecule is CC(=O)O.[CH2-]c1ccccc1-c1ccccc1P(c1ccccc1)c1ccccc1.[Pd]. The molecule has 0 bridgehead atoms. The minimum atomic E-state index is -0.833. The average molecular weight is 518 g/mol. The van der Waals surface area contributed by atoms with Crippen molar-refractivity contribution >= 4 is 29.8 Å². The van der Waals surface area contributed by atoms with Gasteiger partial charge in [-0.2, -0.15) is 18.6 Å². The normalized spacial score (nSPS) is 9.87. The molecular weight excluding hydrogens is 494 g/mol. The molecule has 0 aromatic heterocycles. The molecule has 0 fully saturated rings. The minimum Gasteiger partial charge on any atom is -0.481 e. The fraction of sp³-hybridized carbons (Fsp3) is 0.0370. The maximum atomic E-state index is 9.00. The molecule has 0 aliphatic heterocycles. The molecular formula is C27H24O2PPd-. The molecule has 0 amide bonds. The first-order valence-corrected chi connectivity index (χ1v) is 11.0. The summed E-state index contributed by atoms with van der Waals surface area (Å²) in [4.78, 5) is 9.00.